The van der Waals surface area contributed by atoms with Gasteiger partial charge in [0.05, 0.1) is 16.8 Å². The third-order valence-corrected chi connectivity index (χ3v) is 7.73. The van der Waals surface area contributed by atoms with Crippen LogP contribution >= 0.6 is 15.9 Å². The quantitative estimate of drug-likeness (QED) is 0.437. The maximum atomic E-state index is 12.5. The number of nitrogens with one attached hydrogen (secondary N) is 2. The fourth-order valence-electron chi connectivity index (χ4n) is 2.76. The van der Waals surface area contributed by atoms with E-state index < -0.39 is 32.5 Å². The average molecular weight is 554 g/mol. The summed E-state index contributed by atoms with van der Waals surface area (Å²) in [5.41, 5.74) is 1.47. The van der Waals surface area contributed by atoms with Gasteiger partial charge in [-0.05, 0) is 61.0 Å². The summed E-state index contributed by atoms with van der Waals surface area (Å²) in [5, 5.41) is 2.57. The lowest BCUT2D eigenvalue weighted by Gasteiger charge is -2.22. The molecule has 0 radical (unpaired) electrons. The zero-order chi connectivity index (χ0) is 24.2. The second-order valence-corrected chi connectivity index (χ2v) is 11.4. The normalized spacial score (nSPS) is 11.6. The van der Waals surface area contributed by atoms with Crippen molar-refractivity contribution in [3.05, 3.63) is 71.0 Å². The molecule has 1 aromatic heterocycles. The first-order chi connectivity index (χ1) is 15.5. The summed E-state index contributed by atoms with van der Waals surface area (Å²) in [4.78, 5) is 20.1. The van der Waals surface area contributed by atoms with Crippen LogP contribution in [0.15, 0.2) is 70.3 Å². The van der Waals surface area contributed by atoms with Crippen molar-refractivity contribution in [1.29, 1.82) is 0 Å². The Balaban J connectivity index is 1.72. The molecule has 0 aliphatic rings. The number of benzene rings is 2. The SMILES string of the molecule is Cc1cc(N(CC(=O)Nc2ccc(S(=O)(=O)Nc3ncccn3)cc2)S(C)(=O)=O)ccc1Br. The van der Waals surface area contributed by atoms with Crippen molar-refractivity contribution in [2.45, 2.75) is 11.8 Å². The molecule has 0 fully saturated rings. The van der Waals surface area contributed by atoms with Crippen LogP contribution in [-0.2, 0) is 24.8 Å². The molecule has 1 heterocycles. The molecule has 0 bridgehead atoms. The van der Waals surface area contributed by atoms with E-state index >= 15 is 0 Å². The first-order valence-corrected chi connectivity index (χ1v) is 13.5. The van der Waals surface area contributed by atoms with Crippen molar-refractivity contribution in [2.75, 3.05) is 27.1 Å². The monoisotopic (exact) mass is 553 g/mol. The Morgan fingerprint density at radius 2 is 1.67 bits per heavy atom. The number of hydrogen-bond donors (Lipinski definition) is 2. The maximum Gasteiger partial charge on any atom is 0.264 e. The van der Waals surface area contributed by atoms with Gasteiger partial charge in [-0.25, -0.2) is 31.5 Å². The summed E-state index contributed by atoms with van der Waals surface area (Å²) in [6.45, 7) is 1.36. The van der Waals surface area contributed by atoms with E-state index in [1.54, 1.807) is 24.3 Å². The van der Waals surface area contributed by atoms with E-state index in [1.165, 1.54) is 36.7 Å². The van der Waals surface area contributed by atoms with Gasteiger partial charge in [0.25, 0.3) is 10.0 Å². The van der Waals surface area contributed by atoms with Crippen molar-refractivity contribution in [3.63, 3.8) is 0 Å². The van der Waals surface area contributed by atoms with Crippen LogP contribution in [0, 0.1) is 6.92 Å². The maximum absolute atomic E-state index is 12.5. The van der Waals surface area contributed by atoms with E-state index in [2.05, 4.69) is 35.9 Å². The Morgan fingerprint density at radius 3 is 2.24 bits per heavy atom. The summed E-state index contributed by atoms with van der Waals surface area (Å²) in [6, 6.07) is 11.9. The fraction of sp³-hybridized carbons (Fsp3) is 0.150. The molecule has 0 aliphatic carbocycles. The molecule has 174 valence electrons. The molecule has 2 N–H and O–H groups in total. The van der Waals surface area contributed by atoms with E-state index in [0.29, 0.717) is 11.4 Å². The molecule has 0 unspecified atom stereocenters. The van der Waals surface area contributed by atoms with Crippen LogP contribution in [0.5, 0.6) is 0 Å². The number of nitrogens with zero attached hydrogens (tertiary/aromatic N) is 3. The standard InChI is InChI=1S/C20H20BrN5O5S2/c1-14-12-16(6-9-18(14)21)26(32(2,28)29)13-19(27)24-15-4-7-17(8-5-15)33(30,31)25-20-22-10-3-11-23-20/h3-12H,13H2,1-2H3,(H,24,27)(H,22,23,25). The van der Waals surface area contributed by atoms with Crippen molar-refractivity contribution in [2.24, 2.45) is 0 Å². The second kappa shape index (κ2) is 9.85. The molecule has 0 saturated heterocycles. The number of carbonyl (C=O) groups excluding carboxylic acids is 1. The van der Waals surface area contributed by atoms with E-state index in [1.807, 2.05) is 6.92 Å². The van der Waals surface area contributed by atoms with Crippen molar-refractivity contribution in [3.8, 4) is 0 Å². The van der Waals surface area contributed by atoms with Gasteiger partial charge in [-0.15, -0.1) is 0 Å². The highest BCUT2D eigenvalue weighted by atomic mass is 79.9. The van der Waals surface area contributed by atoms with Crippen LogP contribution in [0.1, 0.15) is 5.56 Å². The Bertz CT molecular complexity index is 1370. The molecule has 0 spiro atoms. The Labute approximate surface area is 200 Å². The predicted molar refractivity (Wildman–Crippen MR) is 129 cm³/mol. The third-order valence-electron chi connectivity index (χ3n) is 4.36. The lowest BCUT2D eigenvalue weighted by molar-refractivity contribution is -0.114. The first-order valence-electron chi connectivity index (χ1n) is 9.39. The third kappa shape index (κ3) is 6.49. The molecule has 3 aromatic rings. The summed E-state index contributed by atoms with van der Waals surface area (Å²) in [7, 11) is -7.65. The van der Waals surface area contributed by atoms with Crippen molar-refractivity contribution < 1.29 is 21.6 Å². The number of halogens is 1. The molecule has 2 aromatic carbocycles. The van der Waals surface area contributed by atoms with Gasteiger partial charge in [-0.2, -0.15) is 0 Å². The topological polar surface area (TPSA) is 138 Å². The molecule has 3 rings (SSSR count). The second-order valence-electron chi connectivity index (χ2n) is 6.95. The molecule has 0 aliphatic heterocycles. The zero-order valence-electron chi connectivity index (χ0n) is 17.6. The summed E-state index contributed by atoms with van der Waals surface area (Å²) in [5.74, 6) is -0.661. The van der Waals surface area contributed by atoms with Crippen LogP contribution in [0.4, 0.5) is 17.3 Å². The van der Waals surface area contributed by atoms with E-state index in [0.717, 1.165) is 20.6 Å². The van der Waals surface area contributed by atoms with E-state index in [4.69, 9.17) is 0 Å². The number of aromatic nitrogens is 2. The Kier molecular flexibility index (Phi) is 7.34. The van der Waals surface area contributed by atoms with Gasteiger partial charge in [0.1, 0.15) is 6.54 Å². The molecule has 1 amide bonds. The molecule has 10 nitrogen and oxygen atoms in total. The molecule has 33 heavy (non-hydrogen) atoms. The lowest BCUT2D eigenvalue weighted by Crippen LogP contribution is -2.37. The van der Waals surface area contributed by atoms with Gasteiger partial charge in [-0.1, -0.05) is 15.9 Å². The van der Waals surface area contributed by atoms with E-state index in [9.17, 15) is 21.6 Å². The van der Waals surface area contributed by atoms with Gasteiger partial charge in [-0.3, -0.25) is 9.10 Å². The van der Waals surface area contributed by atoms with E-state index in [-0.39, 0.29) is 10.8 Å². The molecule has 13 heteroatoms. The van der Waals surface area contributed by atoms with Crippen LogP contribution in [0.25, 0.3) is 0 Å². The van der Waals surface area contributed by atoms with Gasteiger partial charge < -0.3 is 5.32 Å². The number of hydrogen-bond acceptors (Lipinski definition) is 7. The van der Waals surface area contributed by atoms with Crippen LogP contribution in [0.2, 0.25) is 0 Å². The van der Waals surface area contributed by atoms with Gasteiger partial charge in [0.2, 0.25) is 21.9 Å². The fourth-order valence-corrected chi connectivity index (χ4v) is 4.82. The van der Waals surface area contributed by atoms with Crippen molar-refractivity contribution >= 4 is 59.2 Å². The summed E-state index contributed by atoms with van der Waals surface area (Å²) < 4.78 is 53.5. The number of rotatable bonds is 8. The van der Waals surface area contributed by atoms with Crippen LogP contribution in [-0.4, -0.2) is 45.5 Å². The van der Waals surface area contributed by atoms with Crippen LogP contribution < -0.4 is 14.3 Å². The van der Waals surface area contributed by atoms with Crippen LogP contribution in [0.3, 0.4) is 0 Å². The highest BCUT2D eigenvalue weighted by molar-refractivity contribution is 9.10. The Morgan fingerprint density at radius 1 is 1.03 bits per heavy atom. The lowest BCUT2D eigenvalue weighted by atomic mass is 10.2. The highest BCUT2D eigenvalue weighted by Crippen LogP contribution is 2.25. The van der Waals surface area contributed by atoms with Crippen molar-refractivity contribution in [1.82, 2.24) is 9.97 Å². The summed E-state index contributed by atoms with van der Waals surface area (Å²) in [6.07, 6.45) is 3.82. The van der Waals surface area contributed by atoms with Gasteiger partial charge in [0, 0.05) is 22.6 Å². The predicted octanol–water partition coefficient (Wildman–Crippen LogP) is 2.75. The minimum atomic E-state index is -3.92. The average Bonchev–Trinajstić information content (AvgIpc) is 2.74. The Hall–Kier alpha value is -3.03. The largest absolute Gasteiger partial charge is 0.325 e. The molecular weight excluding hydrogens is 534 g/mol. The number of aryl methyl sites for hydroxylation is 1. The highest BCUT2D eigenvalue weighted by Gasteiger charge is 2.22. The van der Waals surface area contributed by atoms with Gasteiger partial charge in [0.15, 0.2) is 0 Å². The smallest absolute Gasteiger partial charge is 0.264 e. The molecule has 0 atom stereocenters. The molecular formula is C20H20BrN5O5S2. The minimum absolute atomic E-state index is 0.0592. The molecule has 0 saturated carbocycles. The minimum Gasteiger partial charge on any atom is -0.325 e. The number of sulfonamides is 2. The number of amides is 1. The van der Waals surface area contributed by atoms with Gasteiger partial charge >= 0.3 is 0 Å². The summed E-state index contributed by atoms with van der Waals surface area (Å²) >= 11 is 3.36. The number of anilines is 3. The number of carbonyl (C=O) groups is 1. The zero-order valence-corrected chi connectivity index (χ0v) is 20.8. The first kappa shape index (κ1) is 24.6.